The van der Waals surface area contributed by atoms with Gasteiger partial charge >= 0.3 is 0 Å². The van der Waals surface area contributed by atoms with Crippen molar-refractivity contribution in [3.05, 3.63) is 23.8 Å². The third-order valence-electron chi connectivity index (χ3n) is 3.38. The van der Waals surface area contributed by atoms with Gasteiger partial charge in [-0.3, -0.25) is 0 Å². The Kier molecular flexibility index (Phi) is 4.48. The number of hydrogen-bond acceptors (Lipinski definition) is 3. The summed E-state index contributed by atoms with van der Waals surface area (Å²) < 4.78 is 5.56. The monoisotopic (exact) mass is 249 g/mol. The van der Waals surface area contributed by atoms with E-state index in [1.165, 1.54) is 19.3 Å². The molecule has 2 rings (SSSR count). The summed E-state index contributed by atoms with van der Waals surface area (Å²) in [4.78, 5) is 0. The summed E-state index contributed by atoms with van der Waals surface area (Å²) in [5.74, 6) is 1.88. The predicted molar refractivity (Wildman–Crippen MR) is 73.0 cm³/mol. The maximum absolute atomic E-state index is 9.38. The van der Waals surface area contributed by atoms with Crippen molar-refractivity contribution in [3.63, 3.8) is 0 Å². The number of fused-ring (bicyclic) bond motifs is 1. The molecular formula is C15H23NO2. The molecule has 2 N–H and O–H groups in total. The minimum atomic E-state index is 0.270. The van der Waals surface area contributed by atoms with Crippen LogP contribution in [0.15, 0.2) is 18.2 Å². The molecule has 3 nitrogen and oxygen atoms in total. The Labute approximate surface area is 109 Å². The molecule has 0 spiro atoms. The lowest BCUT2D eigenvalue weighted by atomic mass is 10.1. The van der Waals surface area contributed by atoms with Crippen LogP contribution in [0.5, 0.6) is 11.5 Å². The van der Waals surface area contributed by atoms with Crippen molar-refractivity contribution in [3.8, 4) is 11.5 Å². The van der Waals surface area contributed by atoms with Gasteiger partial charge in [0.25, 0.3) is 0 Å². The van der Waals surface area contributed by atoms with Gasteiger partial charge in [-0.15, -0.1) is 0 Å². The van der Waals surface area contributed by atoms with Crippen LogP contribution in [0.25, 0.3) is 0 Å². The quantitative estimate of drug-likeness (QED) is 0.760. The van der Waals surface area contributed by atoms with Crippen molar-refractivity contribution >= 4 is 0 Å². The summed E-state index contributed by atoms with van der Waals surface area (Å²) in [5.41, 5.74) is 1.16. The molecule has 0 aliphatic carbocycles. The maximum Gasteiger partial charge on any atom is 0.127 e. The zero-order valence-electron chi connectivity index (χ0n) is 11.3. The largest absolute Gasteiger partial charge is 0.508 e. The normalized spacial score (nSPS) is 17.8. The second kappa shape index (κ2) is 6.10. The molecule has 1 unspecified atom stereocenters. The topological polar surface area (TPSA) is 41.5 Å². The van der Waals surface area contributed by atoms with Crippen LogP contribution in [-0.2, 0) is 0 Å². The number of phenolic OH excluding ortho intramolecular Hbond substituents is 1. The van der Waals surface area contributed by atoms with Gasteiger partial charge in [0.15, 0.2) is 0 Å². The molecule has 1 aliphatic heterocycles. The average Bonchev–Trinajstić information content (AvgIpc) is 2.70. The molecule has 0 saturated heterocycles. The fourth-order valence-corrected chi connectivity index (χ4v) is 2.32. The van der Waals surface area contributed by atoms with Crippen LogP contribution < -0.4 is 10.1 Å². The van der Waals surface area contributed by atoms with Gasteiger partial charge in [0.05, 0.1) is 6.04 Å². The molecule has 0 saturated carbocycles. The highest BCUT2D eigenvalue weighted by Gasteiger charge is 2.23. The third kappa shape index (κ3) is 3.39. The van der Waals surface area contributed by atoms with Gasteiger partial charge in [-0.25, -0.2) is 0 Å². The Morgan fingerprint density at radius 3 is 3.00 bits per heavy atom. The van der Waals surface area contributed by atoms with E-state index in [-0.39, 0.29) is 11.8 Å². The zero-order chi connectivity index (χ0) is 13.0. The molecule has 100 valence electrons. The lowest BCUT2D eigenvalue weighted by Gasteiger charge is -2.11. The highest BCUT2D eigenvalue weighted by atomic mass is 16.5. The van der Waals surface area contributed by atoms with E-state index in [0.717, 1.165) is 23.8 Å². The molecule has 1 aromatic carbocycles. The van der Waals surface area contributed by atoms with Gasteiger partial charge in [-0.05, 0) is 31.0 Å². The van der Waals surface area contributed by atoms with E-state index in [2.05, 4.69) is 19.2 Å². The third-order valence-corrected chi connectivity index (χ3v) is 3.38. The van der Waals surface area contributed by atoms with E-state index in [0.29, 0.717) is 6.61 Å². The van der Waals surface area contributed by atoms with Crippen molar-refractivity contribution in [2.24, 2.45) is 5.92 Å². The number of phenols is 1. The van der Waals surface area contributed by atoms with E-state index in [1.54, 1.807) is 12.1 Å². The number of aromatic hydroxyl groups is 1. The van der Waals surface area contributed by atoms with E-state index in [4.69, 9.17) is 4.74 Å². The van der Waals surface area contributed by atoms with Crippen molar-refractivity contribution in [1.82, 2.24) is 5.32 Å². The molecule has 1 heterocycles. The molecule has 1 aliphatic rings. The van der Waals surface area contributed by atoms with Crippen LogP contribution in [0.1, 0.15) is 44.7 Å². The Balaban J connectivity index is 1.76. The number of benzene rings is 1. The Morgan fingerprint density at radius 2 is 2.22 bits per heavy atom. The standard InChI is InChI=1S/C15H23NO2/c1-11(2)5-3-4-8-16-14-10-18-15-9-12(17)6-7-13(14)15/h6-7,9,11,14,16-17H,3-5,8,10H2,1-2H3. The van der Waals surface area contributed by atoms with Gasteiger partial charge in [0.1, 0.15) is 18.1 Å². The molecule has 0 bridgehead atoms. The van der Waals surface area contributed by atoms with E-state index >= 15 is 0 Å². The molecule has 1 aromatic rings. The van der Waals surface area contributed by atoms with Crippen molar-refractivity contribution < 1.29 is 9.84 Å². The second-order valence-electron chi connectivity index (χ2n) is 5.43. The summed E-state index contributed by atoms with van der Waals surface area (Å²) in [6.45, 7) is 6.23. The SMILES string of the molecule is CC(C)CCCCNC1COc2cc(O)ccc21. The van der Waals surface area contributed by atoms with E-state index in [9.17, 15) is 5.11 Å². The molecule has 0 radical (unpaired) electrons. The molecule has 0 aromatic heterocycles. The molecule has 0 fully saturated rings. The molecule has 3 heteroatoms. The summed E-state index contributed by atoms with van der Waals surface area (Å²) in [6.07, 6.45) is 3.79. The first-order valence-electron chi connectivity index (χ1n) is 6.86. The van der Waals surface area contributed by atoms with Crippen LogP contribution in [0, 0.1) is 5.92 Å². The molecule has 0 amide bonds. The summed E-state index contributed by atoms with van der Waals surface area (Å²) in [5, 5.41) is 12.9. The van der Waals surface area contributed by atoms with Gasteiger partial charge in [-0.2, -0.15) is 0 Å². The maximum atomic E-state index is 9.38. The Hall–Kier alpha value is -1.22. The first kappa shape index (κ1) is 13.2. The number of rotatable bonds is 6. The first-order chi connectivity index (χ1) is 8.66. The predicted octanol–water partition coefficient (Wildman–Crippen LogP) is 3.24. The smallest absolute Gasteiger partial charge is 0.127 e. The van der Waals surface area contributed by atoms with Crippen LogP contribution in [-0.4, -0.2) is 18.3 Å². The van der Waals surface area contributed by atoms with Crippen molar-refractivity contribution in [2.75, 3.05) is 13.2 Å². The molecule has 18 heavy (non-hydrogen) atoms. The fraction of sp³-hybridized carbons (Fsp3) is 0.600. The molecular weight excluding hydrogens is 226 g/mol. The molecule has 1 atom stereocenters. The van der Waals surface area contributed by atoms with Gasteiger partial charge < -0.3 is 15.2 Å². The highest BCUT2D eigenvalue weighted by molar-refractivity contribution is 5.44. The Morgan fingerprint density at radius 1 is 1.39 bits per heavy atom. The van der Waals surface area contributed by atoms with Crippen LogP contribution in [0.3, 0.4) is 0 Å². The lowest BCUT2D eigenvalue weighted by molar-refractivity contribution is 0.309. The minimum absolute atomic E-state index is 0.270. The van der Waals surface area contributed by atoms with Crippen molar-refractivity contribution in [2.45, 2.75) is 39.2 Å². The summed E-state index contributed by atoms with van der Waals surface area (Å²) in [7, 11) is 0. The number of ether oxygens (including phenoxy) is 1. The first-order valence-corrected chi connectivity index (χ1v) is 6.86. The van der Waals surface area contributed by atoms with Crippen LogP contribution >= 0.6 is 0 Å². The minimum Gasteiger partial charge on any atom is -0.508 e. The van der Waals surface area contributed by atoms with Crippen molar-refractivity contribution in [1.29, 1.82) is 0 Å². The fourth-order valence-electron chi connectivity index (χ4n) is 2.32. The second-order valence-corrected chi connectivity index (χ2v) is 5.43. The highest BCUT2D eigenvalue weighted by Crippen LogP contribution is 2.34. The van der Waals surface area contributed by atoms with Gasteiger partial charge in [-0.1, -0.05) is 26.7 Å². The Bertz CT molecular complexity index is 390. The van der Waals surface area contributed by atoms with Crippen LogP contribution in [0.2, 0.25) is 0 Å². The number of unbranched alkanes of at least 4 members (excludes halogenated alkanes) is 1. The number of nitrogens with one attached hydrogen (secondary N) is 1. The zero-order valence-corrected chi connectivity index (χ0v) is 11.3. The van der Waals surface area contributed by atoms with E-state index in [1.807, 2.05) is 6.07 Å². The van der Waals surface area contributed by atoms with E-state index < -0.39 is 0 Å². The lowest BCUT2D eigenvalue weighted by Crippen LogP contribution is -2.23. The van der Waals surface area contributed by atoms with Crippen LogP contribution in [0.4, 0.5) is 0 Å². The summed E-state index contributed by atoms with van der Waals surface area (Å²) in [6, 6.07) is 5.64. The van der Waals surface area contributed by atoms with Gasteiger partial charge in [0.2, 0.25) is 0 Å². The summed E-state index contributed by atoms with van der Waals surface area (Å²) >= 11 is 0. The number of hydrogen-bond donors (Lipinski definition) is 2. The average molecular weight is 249 g/mol. The van der Waals surface area contributed by atoms with Gasteiger partial charge in [0, 0.05) is 11.6 Å².